The summed E-state index contributed by atoms with van der Waals surface area (Å²) in [5.41, 5.74) is 0.782. The number of hydrogen-bond donors (Lipinski definition) is 1. The van der Waals surface area contributed by atoms with Crippen LogP contribution in [0.3, 0.4) is 0 Å². The topological polar surface area (TPSA) is 38.3 Å². The van der Waals surface area contributed by atoms with Crippen molar-refractivity contribution in [1.29, 1.82) is 0 Å². The average Bonchev–Trinajstić information content (AvgIpc) is 2.82. The maximum atomic E-state index is 11.8. The third-order valence-corrected chi connectivity index (χ3v) is 6.78. The molecule has 3 rings (SSSR count). The summed E-state index contributed by atoms with van der Waals surface area (Å²) in [6.07, 6.45) is 5.16. The Hall–Kier alpha value is -0.570. The molecule has 3 fully saturated rings. The molecule has 0 aromatic carbocycles. The van der Waals surface area contributed by atoms with Gasteiger partial charge in [-0.1, -0.05) is 34.6 Å². The molecule has 1 saturated heterocycles. The molecule has 0 aromatic rings. The minimum absolute atomic E-state index is 0.123. The highest BCUT2D eigenvalue weighted by Crippen LogP contribution is 2.69. The smallest absolute Gasteiger partial charge is 0.217 e. The van der Waals surface area contributed by atoms with Gasteiger partial charge in [0.15, 0.2) is 0 Å². The minimum atomic E-state index is 0.123. The predicted octanol–water partition coefficient (Wildman–Crippen LogP) is 3.77. The van der Waals surface area contributed by atoms with E-state index in [0.717, 1.165) is 25.4 Å². The van der Waals surface area contributed by atoms with Gasteiger partial charge in [0, 0.05) is 19.6 Å². The normalized spacial score (nSPS) is 43.0. The predicted molar refractivity (Wildman–Crippen MR) is 88.5 cm³/mol. The van der Waals surface area contributed by atoms with Crippen LogP contribution in [0.15, 0.2) is 0 Å². The molecule has 3 nitrogen and oxygen atoms in total. The van der Waals surface area contributed by atoms with Crippen molar-refractivity contribution in [1.82, 2.24) is 5.32 Å². The van der Waals surface area contributed by atoms with Crippen molar-refractivity contribution in [2.45, 2.75) is 79.4 Å². The number of rotatable bonds is 2. The number of fused-ring (bicyclic) bond motifs is 1. The van der Waals surface area contributed by atoms with Gasteiger partial charge in [-0.15, -0.1) is 0 Å². The number of ether oxygens (including phenoxy) is 1. The first-order chi connectivity index (χ1) is 10.1. The largest absolute Gasteiger partial charge is 0.378 e. The first-order valence-corrected chi connectivity index (χ1v) is 8.95. The molecule has 1 N–H and O–H groups in total. The fourth-order valence-corrected chi connectivity index (χ4v) is 5.92. The number of carbonyl (C=O) groups excluding carboxylic acids is 1. The van der Waals surface area contributed by atoms with Crippen LogP contribution in [0.1, 0.15) is 67.2 Å². The Morgan fingerprint density at radius 2 is 2.00 bits per heavy atom. The van der Waals surface area contributed by atoms with Crippen LogP contribution in [0.2, 0.25) is 0 Å². The Balaban J connectivity index is 1.90. The summed E-state index contributed by atoms with van der Waals surface area (Å²) in [6, 6.07) is 0.313. The molecule has 0 aromatic heterocycles. The zero-order valence-corrected chi connectivity index (χ0v) is 15.2. The van der Waals surface area contributed by atoms with E-state index in [2.05, 4.69) is 39.9 Å². The van der Waals surface area contributed by atoms with Crippen LogP contribution in [0.25, 0.3) is 0 Å². The molecule has 1 aliphatic heterocycles. The monoisotopic (exact) mass is 307 g/mol. The molecule has 5 atom stereocenters. The Bertz CT molecular complexity index is 465. The van der Waals surface area contributed by atoms with E-state index >= 15 is 0 Å². The highest BCUT2D eigenvalue weighted by Gasteiger charge is 2.68. The fourth-order valence-electron chi connectivity index (χ4n) is 5.92. The molecule has 1 unspecified atom stereocenters. The van der Waals surface area contributed by atoms with E-state index < -0.39 is 0 Å². The summed E-state index contributed by atoms with van der Waals surface area (Å²) >= 11 is 0. The standard InChI is InChI=1S/C19H33NO2/c1-12(21)20-16-18(5,6)13-9-14-15(11-17(2,3)4)22-8-7-19(14,16)10-13/h13-16H,7-11H2,1-6H3,(H,20,21)/t13-,14-,15-,16+,19?/m1/s1. The van der Waals surface area contributed by atoms with E-state index in [1.165, 1.54) is 12.8 Å². The maximum Gasteiger partial charge on any atom is 0.217 e. The lowest BCUT2D eigenvalue weighted by Gasteiger charge is -2.54. The van der Waals surface area contributed by atoms with E-state index in [9.17, 15) is 4.79 Å². The molecule has 2 bridgehead atoms. The summed E-state index contributed by atoms with van der Waals surface area (Å²) < 4.78 is 6.22. The summed E-state index contributed by atoms with van der Waals surface area (Å²) in [4.78, 5) is 11.8. The Morgan fingerprint density at radius 3 is 2.59 bits per heavy atom. The summed E-state index contributed by atoms with van der Waals surface area (Å²) in [5, 5.41) is 3.34. The molecular weight excluding hydrogens is 274 g/mol. The minimum Gasteiger partial charge on any atom is -0.378 e. The van der Waals surface area contributed by atoms with Gasteiger partial charge in [-0.3, -0.25) is 4.79 Å². The van der Waals surface area contributed by atoms with Gasteiger partial charge in [-0.2, -0.15) is 0 Å². The molecule has 1 spiro atoms. The van der Waals surface area contributed by atoms with Crippen molar-refractivity contribution >= 4 is 5.91 Å². The van der Waals surface area contributed by atoms with Crippen LogP contribution in [-0.4, -0.2) is 24.7 Å². The van der Waals surface area contributed by atoms with Crippen molar-refractivity contribution in [3.63, 3.8) is 0 Å². The van der Waals surface area contributed by atoms with Gasteiger partial charge in [0.25, 0.3) is 0 Å². The molecule has 1 amide bonds. The van der Waals surface area contributed by atoms with Crippen LogP contribution in [-0.2, 0) is 9.53 Å². The van der Waals surface area contributed by atoms with Crippen molar-refractivity contribution in [2.75, 3.05) is 6.61 Å². The molecule has 22 heavy (non-hydrogen) atoms. The first-order valence-electron chi connectivity index (χ1n) is 8.95. The zero-order valence-electron chi connectivity index (χ0n) is 15.2. The van der Waals surface area contributed by atoms with Crippen molar-refractivity contribution in [3.8, 4) is 0 Å². The van der Waals surface area contributed by atoms with Gasteiger partial charge in [0.1, 0.15) is 0 Å². The van der Waals surface area contributed by atoms with E-state index in [-0.39, 0.29) is 16.7 Å². The zero-order chi connectivity index (χ0) is 16.3. The van der Waals surface area contributed by atoms with Crippen molar-refractivity contribution < 1.29 is 9.53 Å². The molecule has 126 valence electrons. The second-order valence-electron chi connectivity index (χ2n) is 9.86. The van der Waals surface area contributed by atoms with Crippen molar-refractivity contribution in [3.05, 3.63) is 0 Å². The van der Waals surface area contributed by atoms with E-state index in [4.69, 9.17) is 4.74 Å². The quantitative estimate of drug-likeness (QED) is 0.843. The van der Waals surface area contributed by atoms with Crippen LogP contribution in [0.4, 0.5) is 0 Å². The van der Waals surface area contributed by atoms with Crippen LogP contribution < -0.4 is 5.32 Å². The molecular formula is C19H33NO2. The third kappa shape index (κ3) is 2.40. The number of carbonyl (C=O) groups is 1. The summed E-state index contributed by atoms with van der Waals surface area (Å²) in [5.74, 6) is 1.46. The van der Waals surface area contributed by atoms with Gasteiger partial charge >= 0.3 is 0 Å². The molecule has 2 saturated carbocycles. The maximum absolute atomic E-state index is 11.8. The van der Waals surface area contributed by atoms with Gasteiger partial charge < -0.3 is 10.1 Å². The molecule has 1 heterocycles. The van der Waals surface area contributed by atoms with Crippen LogP contribution in [0, 0.1) is 28.1 Å². The molecule has 3 heteroatoms. The van der Waals surface area contributed by atoms with E-state index in [1.54, 1.807) is 6.92 Å². The molecule has 2 aliphatic carbocycles. The highest BCUT2D eigenvalue weighted by molar-refractivity contribution is 5.73. The molecule has 0 radical (unpaired) electrons. The first kappa shape index (κ1) is 16.3. The third-order valence-electron chi connectivity index (χ3n) is 6.78. The summed E-state index contributed by atoms with van der Waals surface area (Å²) in [7, 11) is 0. The Morgan fingerprint density at radius 1 is 1.32 bits per heavy atom. The number of nitrogens with one attached hydrogen (secondary N) is 1. The molecule has 3 aliphatic rings. The van der Waals surface area contributed by atoms with Gasteiger partial charge in [0.2, 0.25) is 5.91 Å². The Labute approximate surface area is 135 Å². The van der Waals surface area contributed by atoms with Crippen LogP contribution in [0.5, 0.6) is 0 Å². The van der Waals surface area contributed by atoms with E-state index in [1.807, 2.05) is 0 Å². The number of hydrogen-bond acceptors (Lipinski definition) is 2. The van der Waals surface area contributed by atoms with Gasteiger partial charge in [0.05, 0.1) is 6.10 Å². The Kier molecular flexibility index (Phi) is 3.67. The van der Waals surface area contributed by atoms with Crippen LogP contribution >= 0.6 is 0 Å². The van der Waals surface area contributed by atoms with Crippen molar-refractivity contribution in [2.24, 2.45) is 28.1 Å². The average molecular weight is 307 g/mol. The highest BCUT2D eigenvalue weighted by atomic mass is 16.5. The lowest BCUT2D eigenvalue weighted by Crippen LogP contribution is -2.60. The van der Waals surface area contributed by atoms with E-state index in [0.29, 0.717) is 23.5 Å². The van der Waals surface area contributed by atoms with Gasteiger partial charge in [-0.25, -0.2) is 0 Å². The fraction of sp³-hybridized carbons (Fsp3) is 0.947. The lowest BCUT2D eigenvalue weighted by atomic mass is 9.58. The second-order valence-corrected chi connectivity index (χ2v) is 9.86. The SMILES string of the molecule is CC(=O)N[C@H]1C(C)(C)[C@@H]2C[C@@H]3[C@@H](CC(C)(C)C)OCCC31C2. The second kappa shape index (κ2) is 4.96. The number of amides is 1. The summed E-state index contributed by atoms with van der Waals surface area (Å²) in [6.45, 7) is 14.2. The lowest BCUT2D eigenvalue weighted by molar-refractivity contribution is -0.140. The van der Waals surface area contributed by atoms with Gasteiger partial charge in [-0.05, 0) is 53.8 Å².